The molecule has 0 N–H and O–H groups in total. The molecular weight excluding hydrogens is 328 g/mol. The van der Waals surface area contributed by atoms with E-state index in [1.807, 2.05) is 12.1 Å². The number of fused-ring (bicyclic) bond motifs is 3. The van der Waals surface area contributed by atoms with Gasteiger partial charge in [0, 0.05) is 25.3 Å². The summed E-state index contributed by atoms with van der Waals surface area (Å²) in [5.74, 6) is 0.244. The van der Waals surface area contributed by atoms with Gasteiger partial charge in [0.15, 0.2) is 9.84 Å². The third-order valence-electron chi connectivity index (χ3n) is 5.13. The van der Waals surface area contributed by atoms with Crippen molar-refractivity contribution in [2.75, 3.05) is 50.0 Å². The van der Waals surface area contributed by atoms with Gasteiger partial charge in [0.25, 0.3) is 0 Å². The van der Waals surface area contributed by atoms with Crippen LogP contribution in [0.4, 0.5) is 5.69 Å². The second kappa shape index (κ2) is 6.13. The Morgan fingerprint density at radius 3 is 2.71 bits per heavy atom. The highest BCUT2D eigenvalue weighted by Gasteiger charge is 2.34. The van der Waals surface area contributed by atoms with Gasteiger partial charge in [-0.15, -0.1) is 0 Å². The average molecular weight is 350 g/mol. The molecule has 1 aromatic rings. The normalized spacial score (nSPS) is 22.9. The van der Waals surface area contributed by atoms with Gasteiger partial charge in [-0.3, -0.25) is 9.69 Å². The SMILES string of the molecule is O=C(CN1CCOCC1)N1CCCc2c1ccc1c2S(=O)(=O)CC1. The van der Waals surface area contributed by atoms with E-state index in [2.05, 4.69) is 4.90 Å². The van der Waals surface area contributed by atoms with E-state index in [0.29, 0.717) is 37.6 Å². The molecule has 1 amide bonds. The molecule has 0 radical (unpaired) electrons. The molecule has 130 valence electrons. The number of ether oxygens (including phenoxy) is 1. The Hall–Kier alpha value is -1.44. The Labute approximate surface area is 142 Å². The molecule has 1 saturated heterocycles. The number of anilines is 1. The van der Waals surface area contributed by atoms with Crippen molar-refractivity contribution in [2.45, 2.75) is 24.2 Å². The quantitative estimate of drug-likeness (QED) is 0.783. The average Bonchev–Trinajstić information content (AvgIpc) is 2.90. The van der Waals surface area contributed by atoms with Gasteiger partial charge in [0.2, 0.25) is 5.91 Å². The van der Waals surface area contributed by atoms with E-state index in [1.165, 1.54) is 0 Å². The highest BCUT2D eigenvalue weighted by atomic mass is 32.2. The Bertz CT molecular complexity index is 769. The Morgan fingerprint density at radius 2 is 1.92 bits per heavy atom. The lowest BCUT2D eigenvalue weighted by molar-refractivity contribution is -0.120. The molecule has 0 saturated carbocycles. The van der Waals surface area contributed by atoms with Crippen molar-refractivity contribution >= 4 is 21.4 Å². The molecule has 4 rings (SSSR count). The molecule has 0 unspecified atom stereocenters. The Balaban J connectivity index is 1.63. The van der Waals surface area contributed by atoms with Crippen LogP contribution in [-0.4, -0.2) is 64.4 Å². The highest BCUT2D eigenvalue weighted by Crippen LogP contribution is 2.38. The van der Waals surface area contributed by atoms with E-state index < -0.39 is 9.84 Å². The number of carbonyl (C=O) groups is 1. The van der Waals surface area contributed by atoms with Gasteiger partial charge in [0.05, 0.1) is 30.4 Å². The summed E-state index contributed by atoms with van der Waals surface area (Å²) in [5, 5.41) is 0. The van der Waals surface area contributed by atoms with Crippen LogP contribution < -0.4 is 4.90 Å². The topological polar surface area (TPSA) is 66.9 Å². The number of benzene rings is 1. The first-order valence-electron chi connectivity index (χ1n) is 8.54. The van der Waals surface area contributed by atoms with Crippen molar-refractivity contribution in [3.63, 3.8) is 0 Å². The third kappa shape index (κ3) is 2.74. The van der Waals surface area contributed by atoms with Gasteiger partial charge in [-0.2, -0.15) is 0 Å². The van der Waals surface area contributed by atoms with Gasteiger partial charge in [0.1, 0.15) is 0 Å². The molecule has 3 aliphatic heterocycles. The van der Waals surface area contributed by atoms with Crippen molar-refractivity contribution in [2.24, 2.45) is 0 Å². The van der Waals surface area contributed by atoms with E-state index in [4.69, 9.17) is 4.74 Å². The van der Waals surface area contributed by atoms with E-state index in [9.17, 15) is 13.2 Å². The van der Waals surface area contributed by atoms with Crippen LogP contribution in [-0.2, 0) is 32.2 Å². The van der Waals surface area contributed by atoms with E-state index in [0.717, 1.165) is 42.7 Å². The number of hydrogen-bond donors (Lipinski definition) is 0. The third-order valence-corrected chi connectivity index (χ3v) is 7.00. The smallest absolute Gasteiger partial charge is 0.241 e. The zero-order valence-electron chi connectivity index (χ0n) is 13.7. The molecule has 0 spiro atoms. The van der Waals surface area contributed by atoms with E-state index in [1.54, 1.807) is 4.90 Å². The molecule has 0 aliphatic carbocycles. The van der Waals surface area contributed by atoms with Crippen LogP contribution in [0.15, 0.2) is 17.0 Å². The maximum absolute atomic E-state index is 12.8. The van der Waals surface area contributed by atoms with Crippen LogP contribution in [0.5, 0.6) is 0 Å². The lowest BCUT2D eigenvalue weighted by Crippen LogP contribution is -2.46. The van der Waals surface area contributed by atoms with Crippen molar-refractivity contribution in [1.82, 2.24) is 4.90 Å². The van der Waals surface area contributed by atoms with Gasteiger partial charge in [-0.1, -0.05) is 6.07 Å². The minimum Gasteiger partial charge on any atom is -0.379 e. The van der Waals surface area contributed by atoms with Crippen molar-refractivity contribution in [3.05, 3.63) is 23.3 Å². The predicted octanol–water partition coefficient (Wildman–Crippen LogP) is 0.628. The molecule has 7 heteroatoms. The number of rotatable bonds is 2. The van der Waals surface area contributed by atoms with E-state index in [-0.39, 0.29) is 11.7 Å². The fourth-order valence-corrected chi connectivity index (χ4v) is 5.76. The number of morpholine rings is 1. The monoisotopic (exact) mass is 350 g/mol. The zero-order chi connectivity index (χ0) is 16.7. The molecular formula is C17H22N2O4S. The number of hydrogen-bond acceptors (Lipinski definition) is 5. The number of sulfone groups is 1. The zero-order valence-corrected chi connectivity index (χ0v) is 14.5. The molecule has 6 nitrogen and oxygen atoms in total. The first-order valence-corrected chi connectivity index (χ1v) is 10.2. The largest absolute Gasteiger partial charge is 0.379 e. The molecule has 24 heavy (non-hydrogen) atoms. The minimum absolute atomic E-state index is 0.0493. The number of carbonyl (C=O) groups excluding carboxylic acids is 1. The number of nitrogens with zero attached hydrogens (tertiary/aromatic N) is 2. The standard InChI is InChI=1S/C17H22N2O4S/c20-16(12-18-7-9-23-10-8-18)19-6-1-2-14-15(19)4-3-13-5-11-24(21,22)17(13)14/h3-4H,1-2,5-12H2. The summed E-state index contributed by atoms with van der Waals surface area (Å²) in [5.41, 5.74) is 2.56. The lowest BCUT2D eigenvalue weighted by atomic mass is 9.98. The van der Waals surface area contributed by atoms with Gasteiger partial charge >= 0.3 is 0 Å². The lowest BCUT2D eigenvalue weighted by Gasteiger charge is -2.33. The van der Waals surface area contributed by atoms with Crippen LogP contribution in [0.25, 0.3) is 0 Å². The molecule has 0 aromatic heterocycles. The summed E-state index contributed by atoms with van der Waals surface area (Å²) in [7, 11) is -3.19. The van der Waals surface area contributed by atoms with Crippen LogP contribution in [0.1, 0.15) is 17.5 Å². The Morgan fingerprint density at radius 1 is 1.12 bits per heavy atom. The molecule has 0 atom stereocenters. The summed E-state index contributed by atoms with van der Waals surface area (Å²) in [4.78, 5) is 17.2. The minimum atomic E-state index is -3.19. The first kappa shape index (κ1) is 16.1. The fraction of sp³-hybridized carbons (Fsp3) is 0.588. The summed E-state index contributed by atoms with van der Waals surface area (Å²) < 4.78 is 30.1. The van der Waals surface area contributed by atoms with Crippen molar-refractivity contribution in [3.8, 4) is 0 Å². The molecule has 1 fully saturated rings. The number of aryl methyl sites for hydroxylation is 1. The van der Waals surface area contributed by atoms with E-state index >= 15 is 0 Å². The molecule has 3 aliphatic rings. The first-order chi connectivity index (χ1) is 11.6. The number of amides is 1. The summed E-state index contributed by atoms with van der Waals surface area (Å²) in [6.45, 7) is 3.89. The molecule has 1 aromatic carbocycles. The predicted molar refractivity (Wildman–Crippen MR) is 90.1 cm³/mol. The summed E-state index contributed by atoms with van der Waals surface area (Å²) >= 11 is 0. The summed E-state index contributed by atoms with van der Waals surface area (Å²) in [6, 6.07) is 3.82. The second-order valence-corrected chi connectivity index (χ2v) is 8.70. The highest BCUT2D eigenvalue weighted by molar-refractivity contribution is 7.91. The maximum atomic E-state index is 12.8. The van der Waals surface area contributed by atoms with Gasteiger partial charge in [-0.05, 0) is 36.5 Å². The fourth-order valence-electron chi connectivity index (χ4n) is 3.92. The molecule has 3 heterocycles. The van der Waals surface area contributed by atoms with Crippen LogP contribution in [0.2, 0.25) is 0 Å². The van der Waals surface area contributed by atoms with Crippen molar-refractivity contribution in [1.29, 1.82) is 0 Å². The van der Waals surface area contributed by atoms with Crippen molar-refractivity contribution < 1.29 is 17.9 Å². The van der Waals surface area contributed by atoms with Crippen LogP contribution in [0, 0.1) is 0 Å². The maximum Gasteiger partial charge on any atom is 0.241 e. The second-order valence-electron chi connectivity index (χ2n) is 6.66. The van der Waals surface area contributed by atoms with Gasteiger partial charge < -0.3 is 9.64 Å². The molecule has 0 bridgehead atoms. The Kier molecular flexibility index (Phi) is 4.10. The van der Waals surface area contributed by atoms with Crippen LogP contribution >= 0.6 is 0 Å². The van der Waals surface area contributed by atoms with Gasteiger partial charge in [-0.25, -0.2) is 8.42 Å². The summed E-state index contributed by atoms with van der Waals surface area (Å²) in [6.07, 6.45) is 2.14. The van der Waals surface area contributed by atoms with Crippen LogP contribution in [0.3, 0.4) is 0 Å².